The van der Waals surface area contributed by atoms with Crippen LogP contribution < -0.4 is 11.3 Å². The van der Waals surface area contributed by atoms with E-state index in [2.05, 4.69) is 15.6 Å². The molecule has 3 N–H and O–H groups in total. The minimum absolute atomic E-state index is 0.361. The summed E-state index contributed by atoms with van der Waals surface area (Å²) < 4.78 is 0. The van der Waals surface area contributed by atoms with Gasteiger partial charge in [0.05, 0.1) is 0 Å². The number of rotatable bonds is 2. The molecule has 2 aromatic rings. The van der Waals surface area contributed by atoms with Crippen LogP contribution in [0.15, 0.2) is 36.4 Å². The Hall–Kier alpha value is -1.65. The van der Waals surface area contributed by atoms with Crippen molar-refractivity contribution >= 4 is 17.4 Å². The van der Waals surface area contributed by atoms with Crippen LogP contribution in [0.25, 0.3) is 11.1 Å². The molecule has 0 saturated carbocycles. The molecule has 15 heavy (non-hydrogen) atoms. The number of nitrogens with zero attached hydrogens (tertiary/aromatic N) is 2. The molecule has 0 atom stereocenters. The highest BCUT2D eigenvalue weighted by Crippen LogP contribution is 2.26. The average molecular weight is 221 g/mol. The van der Waals surface area contributed by atoms with Crippen LogP contribution in [0.2, 0.25) is 5.15 Å². The molecular weight excluding hydrogens is 212 g/mol. The van der Waals surface area contributed by atoms with Gasteiger partial charge in [-0.15, -0.1) is 10.2 Å². The van der Waals surface area contributed by atoms with E-state index < -0.39 is 0 Å². The molecule has 0 unspecified atom stereocenters. The van der Waals surface area contributed by atoms with Gasteiger partial charge in [-0.3, -0.25) is 0 Å². The first kappa shape index (κ1) is 9.89. The van der Waals surface area contributed by atoms with Crippen LogP contribution in [0.1, 0.15) is 0 Å². The van der Waals surface area contributed by atoms with Crippen LogP contribution in [-0.4, -0.2) is 10.2 Å². The lowest BCUT2D eigenvalue weighted by atomic mass is 10.1. The summed E-state index contributed by atoms with van der Waals surface area (Å²) in [5, 5.41) is 7.93. The van der Waals surface area contributed by atoms with Crippen molar-refractivity contribution in [2.75, 3.05) is 5.43 Å². The largest absolute Gasteiger partial charge is 0.307 e. The number of benzene rings is 1. The Balaban J connectivity index is 2.52. The van der Waals surface area contributed by atoms with E-state index in [0.29, 0.717) is 11.0 Å². The molecule has 0 aliphatic rings. The molecule has 1 aromatic carbocycles. The fraction of sp³-hybridized carbons (Fsp3) is 0. The predicted octanol–water partition coefficient (Wildman–Crippen LogP) is 2.08. The minimum atomic E-state index is 0.361. The Bertz CT molecular complexity index is 458. The maximum Gasteiger partial charge on any atom is 0.163 e. The van der Waals surface area contributed by atoms with E-state index in [9.17, 15) is 0 Å². The summed E-state index contributed by atoms with van der Waals surface area (Å²) in [6, 6.07) is 11.5. The lowest BCUT2D eigenvalue weighted by molar-refractivity contribution is 1.02. The topological polar surface area (TPSA) is 63.8 Å². The molecule has 5 heteroatoms. The van der Waals surface area contributed by atoms with Crippen LogP contribution in [0.4, 0.5) is 5.82 Å². The summed E-state index contributed by atoms with van der Waals surface area (Å²) in [5.41, 5.74) is 4.22. The normalized spacial score (nSPS) is 10.0. The van der Waals surface area contributed by atoms with Crippen LogP contribution >= 0.6 is 11.6 Å². The third-order valence-corrected chi connectivity index (χ3v) is 2.26. The van der Waals surface area contributed by atoms with Crippen molar-refractivity contribution in [1.29, 1.82) is 0 Å². The molecule has 0 radical (unpaired) electrons. The summed E-state index contributed by atoms with van der Waals surface area (Å²) in [6.07, 6.45) is 0. The zero-order valence-electron chi connectivity index (χ0n) is 7.81. The number of nitrogens with two attached hydrogens (primary N) is 1. The summed E-state index contributed by atoms with van der Waals surface area (Å²) >= 11 is 5.95. The highest BCUT2D eigenvalue weighted by molar-refractivity contribution is 6.32. The summed E-state index contributed by atoms with van der Waals surface area (Å²) in [6.45, 7) is 0. The second-order valence-corrected chi connectivity index (χ2v) is 3.30. The average Bonchev–Trinajstić information content (AvgIpc) is 2.31. The third kappa shape index (κ3) is 2.06. The first-order valence-corrected chi connectivity index (χ1v) is 4.74. The quantitative estimate of drug-likeness (QED) is 0.601. The van der Waals surface area contributed by atoms with Gasteiger partial charge in [0.15, 0.2) is 11.0 Å². The number of hydrogen-bond donors (Lipinski definition) is 2. The van der Waals surface area contributed by atoms with Crippen molar-refractivity contribution < 1.29 is 0 Å². The van der Waals surface area contributed by atoms with E-state index >= 15 is 0 Å². The molecule has 76 valence electrons. The number of anilines is 1. The fourth-order valence-electron chi connectivity index (χ4n) is 1.27. The zero-order chi connectivity index (χ0) is 10.7. The van der Waals surface area contributed by atoms with Crippen LogP contribution in [0, 0.1) is 0 Å². The van der Waals surface area contributed by atoms with Crippen molar-refractivity contribution in [1.82, 2.24) is 10.2 Å². The second-order valence-electron chi connectivity index (χ2n) is 2.94. The van der Waals surface area contributed by atoms with E-state index in [-0.39, 0.29) is 0 Å². The van der Waals surface area contributed by atoms with Crippen molar-refractivity contribution in [3.8, 4) is 11.1 Å². The van der Waals surface area contributed by atoms with Crippen LogP contribution in [0.5, 0.6) is 0 Å². The van der Waals surface area contributed by atoms with E-state index in [1.807, 2.05) is 30.3 Å². The van der Waals surface area contributed by atoms with Gasteiger partial charge >= 0.3 is 0 Å². The van der Waals surface area contributed by atoms with Crippen molar-refractivity contribution in [3.05, 3.63) is 41.6 Å². The highest BCUT2D eigenvalue weighted by atomic mass is 35.5. The van der Waals surface area contributed by atoms with E-state index in [0.717, 1.165) is 11.1 Å². The smallest absolute Gasteiger partial charge is 0.163 e. The van der Waals surface area contributed by atoms with Gasteiger partial charge in [0, 0.05) is 5.56 Å². The number of hydrogen-bond acceptors (Lipinski definition) is 4. The molecule has 4 nitrogen and oxygen atoms in total. The summed E-state index contributed by atoms with van der Waals surface area (Å²) in [4.78, 5) is 0. The standard InChI is InChI=1S/C10H9ClN4/c11-10-8(6-9(13-12)14-15-10)7-4-2-1-3-5-7/h1-6H,12H2,(H,13,14). The number of aromatic nitrogens is 2. The van der Waals surface area contributed by atoms with Crippen molar-refractivity contribution in [2.24, 2.45) is 5.84 Å². The van der Waals surface area contributed by atoms with E-state index in [4.69, 9.17) is 17.4 Å². The molecule has 1 aromatic heterocycles. The Kier molecular flexibility index (Phi) is 2.80. The van der Waals surface area contributed by atoms with Gasteiger partial charge in [-0.05, 0) is 11.6 Å². The van der Waals surface area contributed by atoms with Crippen molar-refractivity contribution in [3.63, 3.8) is 0 Å². The Morgan fingerprint density at radius 1 is 1.13 bits per heavy atom. The monoisotopic (exact) mass is 220 g/mol. The van der Waals surface area contributed by atoms with Gasteiger partial charge in [0.1, 0.15) is 0 Å². The number of nitrogen functional groups attached to an aromatic ring is 1. The molecule has 2 rings (SSSR count). The minimum Gasteiger partial charge on any atom is -0.307 e. The molecular formula is C10H9ClN4. The lowest BCUT2D eigenvalue weighted by Gasteiger charge is -2.04. The van der Waals surface area contributed by atoms with Crippen molar-refractivity contribution in [2.45, 2.75) is 0 Å². The molecule has 0 fully saturated rings. The molecule has 1 heterocycles. The molecule has 0 spiro atoms. The van der Waals surface area contributed by atoms with Gasteiger partial charge in [0.25, 0.3) is 0 Å². The number of nitrogens with one attached hydrogen (secondary N) is 1. The molecule has 0 saturated heterocycles. The maximum atomic E-state index is 5.95. The zero-order valence-corrected chi connectivity index (χ0v) is 8.57. The van der Waals surface area contributed by atoms with E-state index in [1.54, 1.807) is 6.07 Å². The first-order valence-electron chi connectivity index (χ1n) is 4.36. The van der Waals surface area contributed by atoms with Gasteiger partial charge < -0.3 is 5.43 Å². The van der Waals surface area contributed by atoms with Gasteiger partial charge in [-0.25, -0.2) is 5.84 Å². The fourth-order valence-corrected chi connectivity index (χ4v) is 1.47. The Morgan fingerprint density at radius 2 is 1.87 bits per heavy atom. The first-order chi connectivity index (χ1) is 7.31. The maximum absolute atomic E-state index is 5.95. The second kappa shape index (κ2) is 4.25. The Labute approximate surface area is 92.1 Å². The molecule has 0 aliphatic heterocycles. The van der Waals surface area contributed by atoms with Gasteiger partial charge in [0.2, 0.25) is 0 Å². The summed E-state index contributed by atoms with van der Waals surface area (Å²) in [7, 11) is 0. The highest BCUT2D eigenvalue weighted by Gasteiger charge is 2.06. The SMILES string of the molecule is NNc1cc(-c2ccccc2)c(Cl)nn1. The molecule has 0 aliphatic carbocycles. The Morgan fingerprint density at radius 3 is 2.53 bits per heavy atom. The lowest BCUT2D eigenvalue weighted by Crippen LogP contribution is -2.09. The predicted molar refractivity (Wildman–Crippen MR) is 60.3 cm³/mol. The number of hydrazine groups is 1. The molecule has 0 bridgehead atoms. The third-order valence-electron chi connectivity index (χ3n) is 1.98. The van der Waals surface area contributed by atoms with Crippen LogP contribution in [0.3, 0.4) is 0 Å². The molecule has 0 amide bonds. The van der Waals surface area contributed by atoms with Gasteiger partial charge in [-0.1, -0.05) is 41.9 Å². The van der Waals surface area contributed by atoms with Gasteiger partial charge in [-0.2, -0.15) is 0 Å². The number of halogens is 1. The van der Waals surface area contributed by atoms with Crippen LogP contribution in [-0.2, 0) is 0 Å². The summed E-state index contributed by atoms with van der Waals surface area (Å²) in [5.74, 6) is 5.74. The van der Waals surface area contributed by atoms with E-state index in [1.165, 1.54) is 0 Å².